The van der Waals surface area contributed by atoms with Crippen molar-refractivity contribution in [1.82, 2.24) is 24.5 Å². The van der Waals surface area contributed by atoms with Crippen LogP contribution in [0, 0.1) is 0 Å². The maximum absolute atomic E-state index is 12.8. The molecule has 0 bridgehead atoms. The van der Waals surface area contributed by atoms with Crippen molar-refractivity contribution < 1.29 is 4.79 Å². The maximum Gasteiger partial charge on any atom is 0.235 e. The first-order valence-corrected chi connectivity index (χ1v) is 10.7. The van der Waals surface area contributed by atoms with Gasteiger partial charge in [0.2, 0.25) is 5.91 Å². The number of nitrogens with zero attached hydrogens (tertiary/aromatic N) is 5. The summed E-state index contributed by atoms with van der Waals surface area (Å²) in [5, 5.41) is 10.3. The third-order valence-corrected chi connectivity index (χ3v) is 6.33. The first kappa shape index (κ1) is 18.1. The number of fused-ring (bicyclic) bond motifs is 3. The van der Waals surface area contributed by atoms with Crippen LogP contribution in [0.15, 0.2) is 59.8 Å². The largest absolute Gasteiger partial charge is 0.342 e. The predicted octanol–water partition coefficient (Wildman–Crippen LogP) is 4.05. The van der Waals surface area contributed by atoms with E-state index in [2.05, 4.69) is 10.2 Å². The predicted molar refractivity (Wildman–Crippen MR) is 115 cm³/mol. The van der Waals surface area contributed by atoms with Crippen molar-refractivity contribution in [3.63, 3.8) is 0 Å². The van der Waals surface area contributed by atoms with Crippen molar-refractivity contribution in [3.05, 3.63) is 54.6 Å². The standard InChI is InChI=1S/C22H21N5OS/c1-15(21(28)26-13-7-8-14-26)29-22-25-24-20-17-11-5-6-12-18(17)23-19(27(20)22)16-9-3-2-4-10-16/h2-6,9-12,15H,7-8,13-14H2,1H3/t15-/m0/s1. The van der Waals surface area contributed by atoms with Gasteiger partial charge in [0.1, 0.15) is 5.82 Å². The summed E-state index contributed by atoms with van der Waals surface area (Å²) in [5.74, 6) is 0.951. The Labute approximate surface area is 173 Å². The summed E-state index contributed by atoms with van der Waals surface area (Å²) in [4.78, 5) is 19.7. The first-order valence-electron chi connectivity index (χ1n) is 9.87. The lowest BCUT2D eigenvalue weighted by Gasteiger charge is -2.19. The average Bonchev–Trinajstić information content (AvgIpc) is 3.44. The zero-order valence-electron chi connectivity index (χ0n) is 16.2. The van der Waals surface area contributed by atoms with Crippen LogP contribution >= 0.6 is 11.8 Å². The Hall–Kier alpha value is -2.93. The van der Waals surface area contributed by atoms with Gasteiger partial charge in [0, 0.05) is 24.0 Å². The second-order valence-electron chi connectivity index (χ2n) is 7.25. The second-order valence-corrected chi connectivity index (χ2v) is 8.56. The zero-order chi connectivity index (χ0) is 19.8. The Morgan fingerprint density at radius 1 is 1.00 bits per heavy atom. The molecule has 1 fully saturated rings. The number of hydrogen-bond donors (Lipinski definition) is 0. The summed E-state index contributed by atoms with van der Waals surface area (Å²) in [7, 11) is 0. The molecule has 0 spiro atoms. The van der Waals surface area contributed by atoms with Gasteiger partial charge in [-0.25, -0.2) is 4.98 Å². The molecule has 29 heavy (non-hydrogen) atoms. The van der Waals surface area contributed by atoms with Gasteiger partial charge in [-0.1, -0.05) is 54.2 Å². The Kier molecular flexibility index (Phi) is 4.67. The Bertz CT molecular complexity index is 1180. The van der Waals surface area contributed by atoms with Gasteiger partial charge < -0.3 is 4.90 Å². The molecule has 7 heteroatoms. The Morgan fingerprint density at radius 2 is 1.72 bits per heavy atom. The number of likely N-dealkylation sites (tertiary alicyclic amines) is 1. The fourth-order valence-corrected chi connectivity index (χ4v) is 4.75. The van der Waals surface area contributed by atoms with Crippen LogP contribution in [0.3, 0.4) is 0 Å². The summed E-state index contributed by atoms with van der Waals surface area (Å²) in [5.41, 5.74) is 2.63. The van der Waals surface area contributed by atoms with Gasteiger partial charge in [-0.15, -0.1) is 10.2 Å². The molecule has 6 nitrogen and oxygen atoms in total. The van der Waals surface area contributed by atoms with E-state index in [-0.39, 0.29) is 11.2 Å². The molecule has 4 aromatic rings. The summed E-state index contributed by atoms with van der Waals surface area (Å²) in [6.07, 6.45) is 2.18. The third kappa shape index (κ3) is 3.25. The highest BCUT2D eigenvalue weighted by molar-refractivity contribution is 8.00. The molecule has 1 saturated heterocycles. The summed E-state index contributed by atoms with van der Waals surface area (Å²) >= 11 is 1.45. The van der Waals surface area contributed by atoms with E-state index in [1.807, 2.05) is 70.8 Å². The molecular weight excluding hydrogens is 382 g/mol. The van der Waals surface area contributed by atoms with Crippen molar-refractivity contribution in [2.45, 2.75) is 30.2 Å². The summed E-state index contributed by atoms with van der Waals surface area (Å²) < 4.78 is 1.98. The molecule has 0 aliphatic carbocycles. The number of aromatic nitrogens is 4. The molecule has 1 aliphatic heterocycles. The van der Waals surface area contributed by atoms with Gasteiger partial charge in [0.25, 0.3) is 0 Å². The Balaban J connectivity index is 1.63. The highest BCUT2D eigenvalue weighted by atomic mass is 32.2. The molecule has 2 aromatic heterocycles. The molecule has 146 valence electrons. The number of para-hydroxylation sites is 1. The van der Waals surface area contributed by atoms with Crippen molar-refractivity contribution in [2.24, 2.45) is 0 Å². The smallest absolute Gasteiger partial charge is 0.235 e. The van der Waals surface area contributed by atoms with Gasteiger partial charge >= 0.3 is 0 Å². The molecule has 5 rings (SSSR count). The molecule has 1 amide bonds. The van der Waals surface area contributed by atoms with Crippen LogP contribution in [0.1, 0.15) is 19.8 Å². The first-order chi connectivity index (χ1) is 14.2. The molecule has 3 heterocycles. The van der Waals surface area contributed by atoms with Crippen molar-refractivity contribution in [2.75, 3.05) is 13.1 Å². The fourth-order valence-electron chi connectivity index (χ4n) is 3.82. The normalized spacial score (nSPS) is 15.3. The molecule has 0 unspecified atom stereocenters. The van der Waals surface area contributed by atoms with E-state index < -0.39 is 0 Å². The van der Waals surface area contributed by atoms with Crippen LogP contribution in [0.5, 0.6) is 0 Å². The van der Waals surface area contributed by atoms with Crippen LogP contribution in [0.2, 0.25) is 0 Å². The minimum Gasteiger partial charge on any atom is -0.342 e. The molecule has 2 aromatic carbocycles. The van der Waals surface area contributed by atoms with Gasteiger partial charge in [0.15, 0.2) is 10.8 Å². The summed E-state index contributed by atoms with van der Waals surface area (Å²) in [6.45, 7) is 3.65. The number of rotatable bonds is 4. The lowest BCUT2D eigenvalue weighted by atomic mass is 10.2. The van der Waals surface area contributed by atoms with E-state index in [4.69, 9.17) is 4.98 Å². The van der Waals surface area contributed by atoms with Crippen LogP contribution in [-0.4, -0.2) is 48.7 Å². The van der Waals surface area contributed by atoms with Crippen molar-refractivity contribution in [3.8, 4) is 11.4 Å². The van der Waals surface area contributed by atoms with E-state index in [1.54, 1.807) is 0 Å². The van der Waals surface area contributed by atoms with Gasteiger partial charge in [0.05, 0.1) is 10.8 Å². The maximum atomic E-state index is 12.8. The van der Waals surface area contributed by atoms with E-state index >= 15 is 0 Å². The topological polar surface area (TPSA) is 63.4 Å². The lowest BCUT2D eigenvalue weighted by Crippen LogP contribution is -2.34. The lowest BCUT2D eigenvalue weighted by molar-refractivity contribution is -0.129. The highest BCUT2D eigenvalue weighted by Crippen LogP contribution is 2.31. The quantitative estimate of drug-likeness (QED) is 0.481. The van der Waals surface area contributed by atoms with Gasteiger partial charge in [-0.2, -0.15) is 0 Å². The van der Waals surface area contributed by atoms with Crippen LogP contribution in [0.4, 0.5) is 0 Å². The molecule has 1 aliphatic rings. The molecule has 1 atom stereocenters. The minimum atomic E-state index is -0.226. The van der Waals surface area contributed by atoms with Gasteiger partial charge in [-0.3, -0.25) is 9.20 Å². The van der Waals surface area contributed by atoms with Crippen LogP contribution < -0.4 is 0 Å². The van der Waals surface area contributed by atoms with Crippen LogP contribution in [0.25, 0.3) is 27.9 Å². The molecule has 0 N–H and O–H groups in total. The highest BCUT2D eigenvalue weighted by Gasteiger charge is 2.26. The van der Waals surface area contributed by atoms with E-state index in [0.717, 1.165) is 53.9 Å². The van der Waals surface area contributed by atoms with E-state index in [9.17, 15) is 4.79 Å². The van der Waals surface area contributed by atoms with Crippen molar-refractivity contribution >= 4 is 34.2 Å². The third-order valence-electron chi connectivity index (χ3n) is 5.30. The fraction of sp³-hybridized carbons (Fsp3) is 0.273. The average molecular weight is 404 g/mol. The SMILES string of the molecule is C[C@H](Sc1nnc2c3ccccc3nc(-c3ccccc3)n12)C(=O)N1CCCC1. The van der Waals surface area contributed by atoms with Crippen LogP contribution in [-0.2, 0) is 4.79 Å². The van der Waals surface area contributed by atoms with E-state index in [0.29, 0.717) is 5.16 Å². The number of carbonyl (C=O) groups is 1. The second kappa shape index (κ2) is 7.48. The number of thioether (sulfide) groups is 1. The molecule has 0 radical (unpaired) electrons. The molecule has 0 saturated carbocycles. The zero-order valence-corrected chi connectivity index (χ0v) is 17.0. The minimum absolute atomic E-state index is 0.166. The number of amides is 1. The van der Waals surface area contributed by atoms with E-state index in [1.165, 1.54) is 11.8 Å². The molecular formula is C22H21N5OS. The number of hydrogen-bond acceptors (Lipinski definition) is 5. The number of carbonyl (C=O) groups excluding carboxylic acids is 1. The Morgan fingerprint density at radius 3 is 2.52 bits per heavy atom. The monoisotopic (exact) mass is 403 g/mol. The number of benzene rings is 2. The van der Waals surface area contributed by atoms with Crippen molar-refractivity contribution in [1.29, 1.82) is 0 Å². The summed E-state index contributed by atoms with van der Waals surface area (Å²) in [6, 6.07) is 18.0. The van der Waals surface area contributed by atoms with Gasteiger partial charge in [-0.05, 0) is 31.9 Å².